The zero-order chi connectivity index (χ0) is 17.5. The fourth-order valence-electron chi connectivity index (χ4n) is 3.82. The molecule has 0 N–H and O–H groups in total. The van der Waals surface area contributed by atoms with E-state index in [-0.39, 0.29) is 0 Å². The largest absolute Gasteiger partial charge is 0.382 e. The summed E-state index contributed by atoms with van der Waals surface area (Å²) in [6.45, 7) is 9.22. The summed E-state index contributed by atoms with van der Waals surface area (Å²) in [6.07, 6.45) is 6.94. The second-order valence-electron chi connectivity index (χ2n) is 7.35. The molecule has 1 aliphatic rings. The van der Waals surface area contributed by atoms with Gasteiger partial charge in [-0.1, -0.05) is 6.07 Å². The lowest BCUT2D eigenvalue weighted by Crippen LogP contribution is -2.29. The van der Waals surface area contributed by atoms with E-state index in [1.807, 2.05) is 13.1 Å². The molecule has 0 unspecified atom stereocenters. The van der Waals surface area contributed by atoms with E-state index in [1.165, 1.54) is 49.9 Å². The summed E-state index contributed by atoms with van der Waals surface area (Å²) in [5.41, 5.74) is 4.30. The van der Waals surface area contributed by atoms with Crippen LogP contribution in [-0.4, -0.2) is 36.2 Å². The number of aromatic nitrogens is 1. The van der Waals surface area contributed by atoms with Crippen molar-refractivity contribution in [2.75, 3.05) is 26.3 Å². The van der Waals surface area contributed by atoms with E-state index in [1.54, 1.807) is 11.3 Å². The summed E-state index contributed by atoms with van der Waals surface area (Å²) >= 11 is 1.80. The quantitative estimate of drug-likeness (QED) is 0.607. The lowest BCUT2D eigenvalue weighted by Gasteiger charge is -2.29. The molecule has 0 aliphatic carbocycles. The lowest BCUT2D eigenvalue weighted by molar-refractivity contribution is 0.0989. The number of hydrogen-bond acceptors (Lipinski definition) is 4. The lowest BCUT2D eigenvalue weighted by atomic mass is 9.79. The van der Waals surface area contributed by atoms with Gasteiger partial charge in [-0.05, 0) is 85.5 Å². The highest BCUT2D eigenvalue weighted by Crippen LogP contribution is 2.39. The van der Waals surface area contributed by atoms with Gasteiger partial charge in [0.2, 0.25) is 0 Å². The van der Waals surface area contributed by atoms with E-state index in [0.29, 0.717) is 5.41 Å². The van der Waals surface area contributed by atoms with Crippen LogP contribution in [0, 0.1) is 12.3 Å². The van der Waals surface area contributed by atoms with E-state index in [2.05, 4.69) is 45.8 Å². The molecule has 0 bridgehead atoms. The minimum atomic E-state index is 0.398. The van der Waals surface area contributed by atoms with E-state index < -0.39 is 0 Å². The van der Waals surface area contributed by atoms with Crippen LogP contribution in [0.25, 0.3) is 0 Å². The maximum absolute atomic E-state index is 5.70. The Balaban J connectivity index is 1.60. The topological polar surface area (TPSA) is 25.4 Å². The molecule has 1 aliphatic heterocycles. The van der Waals surface area contributed by atoms with Crippen LogP contribution in [0.4, 0.5) is 0 Å². The van der Waals surface area contributed by atoms with Crippen LogP contribution in [0.2, 0.25) is 0 Å². The smallest absolute Gasteiger partial charge is 0.0471 e. The van der Waals surface area contributed by atoms with Gasteiger partial charge in [-0.3, -0.25) is 9.88 Å². The van der Waals surface area contributed by atoms with Crippen molar-refractivity contribution in [3.8, 4) is 0 Å². The molecule has 2 aromatic heterocycles. The van der Waals surface area contributed by atoms with Gasteiger partial charge in [0.15, 0.2) is 0 Å². The Morgan fingerprint density at radius 2 is 2.16 bits per heavy atom. The van der Waals surface area contributed by atoms with Crippen LogP contribution in [0.1, 0.15) is 43.0 Å². The van der Waals surface area contributed by atoms with Crippen molar-refractivity contribution in [2.45, 2.75) is 46.1 Å². The van der Waals surface area contributed by atoms with Gasteiger partial charge in [0.1, 0.15) is 0 Å². The second-order valence-corrected chi connectivity index (χ2v) is 8.13. The van der Waals surface area contributed by atoms with Gasteiger partial charge in [-0.15, -0.1) is 0 Å². The van der Waals surface area contributed by atoms with Crippen LogP contribution in [0.5, 0.6) is 0 Å². The molecule has 1 fully saturated rings. The Labute approximate surface area is 156 Å². The first kappa shape index (κ1) is 18.6. The summed E-state index contributed by atoms with van der Waals surface area (Å²) < 4.78 is 5.70. The molecule has 0 saturated carbocycles. The highest BCUT2D eigenvalue weighted by Gasteiger charge is 2.37. The number of pyridine rings is 1. The standard InChI is InChI=1S/C21H30N2OS/c1-3-24-12-10-21(8-6-19-7-13-25-16-19)9-11-23(17-21)15-20-5-4-18(2)22-14-20/h4-5,7,13-14,16H,3,6,8-12,15,17H2,1-2H3/t21-/m0/s1. The molecule has 25 heavy (non-hydrogen) atoms. The number of ether oxygens (including phenoxy) is 1. The van der Waals surface area contributed by atoms with Crippen LogP contribution in [-0.2, 0) is 17.7 Å². The molecule has 3 nitrogen and oxygen atoms in total. The van der Waals surface area contributed by atoms with Gasteiger partial charge in [0.25, 0.3) is 0 Å². The number of nitrogens with zero attached hydrogens (tertiary/aromatic N) is 2. The van der Waals surface area contributed by atoms with E-state index >= 15 is 0 Å². The van der Waals surface area contributed by atoms with Gasteiger partial charge in [-0.25, -0.2) is 0 Å². The predicted molar refractivity (Wildman–Crippen MR) is 105 cm³/mol. The SMILES string of the molecule is CCOCC[C@]1(CCc2ccsc2)CCN(Cc2ccc(C)nc2)C1. The summed E-state index contributed by atoms with van der Waals surface area (Å²) in [5, 5.41) is 4.48. The first-order valence-corrected chi connectivity index (χ1v) is 10.4. The average Bonchev–Trinajstić information content (AvgIpc) is 3.26. The Hall–Kier alpha value is -1.23. The molecule has 0 radical (unpaired) electrons. The molecule has 1 saturated heterocycles. The third kappa shape index (κ3) is 5.37. The monoisotopic (exact) mass is 358 g/mol. The Bertz CT molecular complexity index is 626. The summed E-state index contributed by atoms with van der Waals surface area (Å²) in [6, 6.07) is 6.60. The van der Waals surface area contributed by atoms with Gasteiger partial charge in [0, 0.05) is 38.2 Å². The number of aryl methyl sites for hydroxylation is 2. The average molecular weight is 359 g/mol. The maximum Gasteiger partial charge on any atom is 0.0471 e. The van der Waals surface area contributed by atoms with Crippen LogP contribution < -0.4 is 0 Å². The normalized spacial score (nSPS) is 21.0. The summed E-state index contributed by atoms with van der Waals surface area (Å²) in [4.78, 5) is 7.05. The number of thiophene rings is 1. The highest BCUT2D eigenvalue weighted by molar-refractivity contribution is 7.07. The van der Waals surface area contributed by atoms with Crippen molar-refractivity contribution in [1.29, 1.82) is 0 Å². The van der Waals surface area contributed by atoms with Crippen LogP contribution in [0.3, 0.4) is 0 Å². The molecule has 3 heterocycles. The summed E-state index contributed by atoms with van der Waals surface area (Å²) in [7, 11) is 0. The van der Waals surface area contributed by atoms with Crippen molar-refractivity contribution in [3.63, 3.8) is 0 Å². The molecule has 0 spiro atoms. The minimum Gasteiger partial charge on any atom is -0.382 e. The first-order chi connectivity index (χ1) is 12.2. The Kier molecular flexibility index (Phi) is 6.63. The van der Waals surface area contributed by atoms with Crippen molar-refractivity contribution in [2.24, 2.45) is 5.41 Å². The van der Waals surface area contributed by atoms with Gasteiger partial charge in [0.05, 0.1) is 0 Å². The molecule has 0 aromatic carbocycles. The van der Waals surface area contributed by atoms with Crippen LogP contribution >= 0.6 is 11.3 Å². The first-order valence-electron chi connectivity index (χ1n) is 9.42. The van der Waals surface area contributed by atoms with Gasteiger partial charge in [-0.2, -0.15) is 11.3 Å². The summed E-state index contributed by atoms with van der Waals surface area (Å²) in [5.74, 6) is 0. The second kappa shape index (κ2) is 8.93. The third-order valence-corrected chi connectivity index (χ3v) is 6.13. The number of likely N-dealkylation sites (tertiary alicyclic amines) is 1. The Morgan fingerprint density at radius 3 is 2.88 bits per heavy atom. The van der Waals surface area contributed by atoms with Crippen molar-refractivity contribution >= 4 is 11.3 Å². The molecule has 2 aromatic rings. The third-order valence-electron chi connectivity index (χ3n) is 5.40. The van der Waals surface area contributed by atoms with Crippen molar-refractivity contribution < 1.29 is 4.74 Å². The molecule has 0 amide bonds. The molecule has 1 atom stereocenters. The zero-order valence-corrected chi connectivity index (χ0v) is 16.4. The highest BCUT2D eigenvalue weighted by atomic mass is 32.1. The molecule has 3 rings (SSSR count). The molecular weight excluding hydrogens is 328 g/mol. The number of rotatable bonds is 9. The molecular formula is C21H30N2OS. The maximum atomic E-state index is 5.70. The fraction of sp³-hybridized carbons (Fsp3) is 0.571. The fourth-order valence-corrected chi connectivity index (χ4v) is 4.53. The van der Waals surface area contributed by atoms with Gasteiger partial charge < -0.3 is 4.74 Å². The van der Waals surface area contributed by atoms with E-state index in [0.717, 1.165) is 25.5 Å². The number of hydrogen-bond donors (Lipinski definition) is 0. The van der Waals surface area contributed by atoms with Crippen LogP contribution in [0.15, 0.2) is 35.2 Å². The van der Waals surface area contributed by atoms with Crippen molar-refractivity contribution in [3.05, 3.63) is 52.0 Å². The van der Waals surface area contributed by atoms with E-state index in [9.17, 15) is 0 Å². The van der Waals surface area contributed by atoms with Crippen molar-refractivity contribution in [1.82, 2.24) is 9.88 Å². The van der Waals surface area contributed by atoms with E-state index in [4.69, 9.17) is 4.74 Å². The predicted octanol–water partition coefficient (Wildman–Crippen LogP) is 4.70. The zero-order valence-electron chi connectivity index (χ0n) is 15.5. The van der Waals surface area contributed by atoms with Gasteiger partial charge >= 0.3 is 0 Å². The minimum absolute atomic E-state index is 0.398. The Morgan fingerprint density at radius 1 is 1.24 bits per heavy atom. The molecule has 136 valence electrons. The molecule has 4 heteroatoms.